The van der Waals surface area contributed by atoms with Gasteiger partial charge in [0.05, 0.1) is 0 Å². The molecular weight excluding hydrogens is 340 g/mol. The average molecular weight is 365 g/mol. The minimum Gasteiger partial charge on any atom is -0.299 e. The first-order valence-corrected chi connectivity index (χ1v) is 10.7. The van der Waals surface area contributed by atoms with Crippen LogP contribution in [-0.4, -0.2) is 26.4 Å². The second-order valence-corrected chi connectivity index (χ2v) is 9.47. The summed E-state index contributed by atoms with van der Waals surface area (Å²) in [5.41, 5.74) is 2.26. The SMILES string of the molecule is CC1CCN(Cc2ccc(CNS(=O)(=O)c3cccs3)cc2)CC1. The van der Waals surface area contributed by atoms with Crippen molar-refractivity contribution in [3.63, 3.8) is 0 Å². The first-order valence-electron chi connectivity index (χ1n) is 8.36. The fraction of sp³-hybridized carbons (Fsp3) is 0.444. The Morgan fingerprint density at radius 1 is 1.12 bits per heavy atom. The van der Waals surface area contributed by atoms with Gasteiger partial charge in [0.15, 0.2) is 0 Å². The predicted molar refractivity (Wildman–Crippen MR) is 98.5 cm³/mol. The van der Waals surface area contributed by atoms with Crippen LogP contribution in [0.3, 0.4) is 0 Å². The van der Waals surface area contributed by atoms with E-state index in [1.807, 2.05) is 12.1 Å². The van der Waals surface area contributed by atoms with E-state index in [1.165, 1.54) is 42.8 Å². The normalized spacial score (nSPS) is 17.2. The van der Waals surface area contributed by atoms with Gasteiger partial charge < -0.3 is 0 Å². The van der Waals surface area contributed by atoms with E-state index in [4.69, 9.17) is 0 Å². The average Bonchev–Trinajstić information content (AvgIpc) is 3.12. The minimum atomic E-state index is -3.39. The Morgan fingerprint density at radius 2 is 1.79 bits per heavy atom. The van der Waals surface area contributed by atoms with Gasteiger partial charge in [-0.2, -0.15) is 0 Å². The van der Waals surface area contributed by atoms with Crippen LogP contribution in [0.25, 0.3) is 0 Å². The molecule has 6 heteroatoms. The highest BCUT2D eigenvalue weighted by molar-refractivity contribution is 7.91. The van der Waals surface area contributed by atoms with Gasteiger partial charge in [0, 0.05) is 13.1 Å². The van der Waals surface area contributed by atoms with Crippen LogP contribution in [-0.2, 0) is 23.1 Å². The van der Waals surface area contributed by atoms with Gasteiger partial charge in [-0.15, -0.1) is 11.3 Å². The number of thiophene rings is 1. The lowest BCUT2D eigenvalue weighted by atomic mass is 9.99. The largest absolute Gasteiger partial charge is 0.299 e. The summed E-state index contributed by atoms with van der Waals surface area (Å²) >= 11 is 1.23. The second-order valence-electron chi connectivity index (χ2n) is 6.53. The Kier molecular flexibility index (Phi) is 5.71. The maximum absolute atomic E-state index is 12.1. The maximum Gasteiger partial charge on any atom is 0.250 e. The lowest BCUT2D eigenvalue weighted by Crippen LogP contribution is -2.32. The Hall–Kier alpha value is -1.21. The standard InChI is InChI=1S/C18H24N2O2S2/c1-15-8-10-20(11-9-15)14-17-6-4-16(5-7-17)13-19-24(21,22)18-3-2-12-23-18/h2-7,12,15,19H,8-11,13-14H2,1H3. The van der Waals surface area contributed by atoms with Crippen LogP contribution in [0.4, 0.5) is 0 Å². The smallest absolute Gasteiger partial charge is 0.250 e. The molecule has 0 aliphatic carbocycles. The third-order valence-corrected chi connectivity index (χ3v) is 7.33. The number of nitrogens with one attached hydrogen (secondary N) is 1. The Morgan fingerprint density at radius 3 is 2.42 bits per heavy atom. The van der Waals surface area contributed by atoms with E-state index in [2.05, 4.69) is 28.7 Å². The topological polar surface area (TPSA) is 49.4 Å². The predicted octanol–water partition coefficient (Wildman–Crippen LogP) is 3.46. The molecule has 0 spiro atoms. The minimum absolute atomic E-state index is 0.321. The van der Waals surface area contributed by atoms with Crippen molar-refractivity contribution in [3.05, 3.63) is 52.9 Å². The summed E-state index contributed by atoms with van der Waals surface area (Å²) in [5, 5.41) is 1.77. The molecule has 1 aromatic heterocycles. The van der Waals surface area contributed by atoms with Crippen LogP contribution in [0.5, 0.6) is 0 Å². The molecule has 1 aliphatic heterocycles. The van der Waals surface area contributed by atoms with Crippen molar-refractivity contribution < 1.29 is 8.42 Å². The summed E-state index contributed by atoms with van der Waals surface area (Å²) in [4.78, 5) is 2.49. The van der Waals surface area contributed by atoms with Crippen LogP contribution in [0.2, 0.25) is 0 Å². The molecule has 1 saturated heterocycles. The summed E-state index contributed by atoms with van der Waals surface area (Å²) in [6, 6.07) is 11.6. The second kappa shape index (κ2) is 7.78. The molecule has 130 valence electrons. The van der Waals surface area contributed by atoms with Crippen molar-refractivity contribution in [3.8, 4) is 0 Å². The monoisotopic (exact) mass is 364 g/mol. The highest BCUT2D eigenvalue weighted by Gasteiger charge is 2.16. The molecule has 0 saturated carbocycles. The molecule has 0 radical (unpaired) electrons. The van der Waals surface area contributed by atoms with Crippen molar-refractivity contribution in [2.24, 2.45) is 5.92 Å². The van der Waals surface area contributed by atoms with Gasteiger partial charge in [-0.25, -0.2) is 13.1 Å². The third-order valence-electron chi connectivity index (χ3n) is 4.53. The summed E-state index contributed by atoms with van der Waals surface area (Å²) < 4.78 is 27.2. The summed E-state index contributed by atoms with van der Waals surface area (Å²) in [7, 11) is -3.39. The molecule has 1 aromatic carbocycles. The number of hydrogen-bond donors (Lipinski definition) is 1. The molecule has 1 fully saturated rings. The lowest BCUT2D eigenvalue weighted by molar-refractivity contribution is 0.185. The van der Waals surface area contributed by atoms with E-state index in [-0.39, 0.29) is 0 Å². The van der Waals surface area contributed by atoms with E-state index >= 15 is 0 Å². The molecule has 1 N–H and O–H groups in total. The Bertz CT molecular complexity index is 732. The fourth-order valence-corrected chi connectivity index (χ4v) is 4.96. The summed E-state index contributed by atoms with van der Waals surface area (Å²) in [5.74, 6) is 0.847. The van der Waals surface area contributed by atoms with E-state index < -0.39 is 10.0 Å². The van der Waals surface area contributed by atoms with Crippen molar-refractivity contribution >= 4 is 21.4 Å². The first-order chi connectivity index (χ1) is 11.5. The molecule has 0 amide bonds. The number of piperidine rings is 1. The molecule has 0 atom stereocenters. The van der Waals surface area contributed by atoms with Gasteiger partial charge in [-0.3, -0.25) is 4.90 Å². The van der Waals surface area contributed by atoms with E-state index in [0.717, 1.165) is 18.0 Å². The summed E-state index contributed by atoms with van der Waals surface area (Å²) in [6.45, 7) is 5.96. The maximum atomic E-state index is 12.1. The van der Waals surface area contributed by atoms with Gasteiger partial charge in [0.1, 0.15) is 4.21 Å². The summed E-state index contributed by atoms with van der Waals surface area (Å²) in [6.07, 6.45) is 2.56. The van der Waals surface area contributed by atoms with Crippen molar-refractivity contribution in [2.45, 2.75) is 37.1 Å². The van der Waals surface area contributed by atoms with Crippen LogP contribution in [0.15, 0.2) is 46.0 Å². The lowest BCUT2D eigenvalue weighted by Gasteiger charge is -2.30. The zero-order chi connectivity index (χ0) is 17.0. The molecule has 24 heavy (non-hydrogen) atoms. The van der Waals surface area contributed by atoms with Gasteiger partial charge in [0.25, 0.3) is 0 Å². The number of benzene rings is 1. The molecule has 2 aromatic rings. The van der Waals surface area contributed by atoms with Gasteiger partial charge >= 0.3 is 0 Å². The van der Waals surface area contributed by atoms with Crippen molar-refractivity contribution in [2.75, 3.05) is 13.1 Å². The van der Waals surface area contributed by atoms with Gasteiger partial charge in [-0.05, 0) is 54.4 Å². The number of likely N-dealkylation sites (tertiary alicyclic amines) is 1. The number of hydrogen-bond acceptors (Lipinski definition) is 4. The van der Waals surface area contributed by atoms with Gasteiger partial charge in [0.2, 0.25) is 10.0 Å². The zero-order valence-corrected chi connectivity index (χ0v) is 15.6. The van der Waals surface area contributed by atoms with Crippen LogP contribution in [0, 0.1) is 5.92 Å². The van der Waals surface area contributed by atoms with Crippen molar-refractivity contribution in [1.29, 1.82) is 0 Å². The molecule has 0 bridgehead atoms. The number of sulfonamides is 1. The molecule has 1 aliphatic rings. The van der Waals surface area contributed by atoms with E-state index in [9.17, 15) is 8.42 Å². The molecular formula is C18H24N2O2S2. The molecule has 2 heterocycles. The zero-order valence-electron chi connectivity index (χ0n) is 13.9. The van der Waals surface area contributed by atoms with Crippen LogP contribution < -0.4 is 4.72 Å². The molecule has 3 rings (SSSR count). The highest BCUT2D eigenvalue weighted by atomic mass is 32.2. The van der Waals surface area contributed by atoms with Gasteiger partial charge in [-0.1, -0.05) is 37.3 Å². The van der Waals surface area contributed by atoms with Crippen LogP contribution in [0.1, 0.15) is 30.9 Å². The van der Waals surface area contributed by atoms with E-state index in [0.29, 0.717) is 10.8 Å². The number of nitrogens with zero attached hydrogens (tertiary/aromatic N) is 1. The number of rotatable bonds is 6. The fourth-order valence-electron chi connectivity index (χ4n) is 2.91. The van der Waals surface area contributed by atoms with Crippen molar-refractivity contribution in [1.82, 2.24) is 9.62 Å². The van der Waals surface area contributed by atoms with Crippen LogP contribution >= 0.6 is 11.3 Å². The Labute approximate surface area is 148 Å². The highest BCUT2D eigenvalue weighted by Crippen LogP contribution is 2.19. The third kappa shape index (κ3) is 4.66. The Balaban J connectivity index is 1.53. The first kappa shape index (κ1) is 17.6. The van der Waals surface area contributed by atoms with E-state index in [1.54, 1.807) is 17.5 Å². The molecule has 0 unspecified atom stereocenters. The quantitative estimate of drug-likeness (QED) is 0.854. The molecule has 4 nitrogen and oxygen atoms in total.